The van der Waals surface area contributed by atoms with Crippen LogP contribution in [0.3, 0.4) is 0 Å². The number of benzene rings is 2. The average Bonchev–Trinajstić information content (AvgIpc) is 2.45. The molecule has 5 heteroatoms. The predicted octanol–water partition coefficient (Wildman–Crippen LogP) is 4.61. The lowest BCUT2D eigenvalue weighted by molar-refractivity contribution is 0.318. The summed E-state index contributed by atoms with van der Waals surface area (Å²) in [5, 5.41) is 12.9. The molecule has 2 aromatic carbocycles. The van der Waals surface area contributed by atoms with Crippen molar-refractivity contribution in [1.82, 2.24) is 0 Å². The summed E-state index contributed by atoms with van der Waals surface area (Å²) in [6.07, 6.45) is 0. The highest BCUT2D eigenvalue weighted by atomic mass is 79.9. The smallest absolute Gasteiger partial charge is 0.161 e. The van der Waals surface area contributed by atoms with Crippen LogP contribution in [-0.4, -0.2) is 11.7 Å². The van der Waals surface area contributed by atoms with Crippen LogP contribution in [0.25, 0.3) is 0 Å². The Bertz CT molecular complexity index is 646. The van der Waals surface area contributed by atoms with Crippen molar-refractivity contribution >= 4 is 21.6 Å². The van der Waals surface area contributed by atoms with Crippen molar-refractivity contribution in [2.24, 2.45) is 0 Å². The van der Waals surface area contributed by atoms with E-state index >= 15 is 0 Å². The fraction of sp³-hybridized carbons (Fsp3) is 0.250. The van der Waals surface area contributed by atoms with Crippen molar-refractivity contribution < 1.29 is 14.2 Å². The summed E-state index contributed by atoms with van der Waals surface area (Å²) < 4.78 is 19.4. The van der Waals surface area contributed by atoms with E-state index < -0.39 is 0 Å². The van der Waals surface area contributed by atoms with Crippen LogP contribution in [-0.2, 0) is 6.54 Å². The largest absolute Gasteiger partial charge is 0.504 e. The monoisotopic (exact) mass is 353 g/mol. The van der Waals surface area contributed by atoms with E-state index in [1.807, 2.05) is 13.8 Å². The number of anilines is 1. The number of nitrogens with one attached hydrogen (secondary N) is 1. The zero-order chi connectivity index (χ0) is 15.4. The predicted molar refractivity (Wildman–Crippen MR) is 85.4 cm³/mol. The van der Waals surface area contributed by atoms with E-state index in [4.69, 9.17) is 4.74 Å². The molecule has 2 rings (SSSR count). The lowest BCUT2D eigenvalue weighted by Gasteiger charge is -2.12. The molecule has 0 unspecified atom stereocenters. The molecule has 0 fully saturated rings. The molecule has 21 heavy (non-hydrogen) atoms. The third kappa shape index (κ3) is 3.88. The Hall–Kier alpha value is -1.75. The summed E-state index contributed by atoms with van der Waals surface area (Å²) in [7, 11) is 0. The minimum absolute atomic E-state index is 0.117. The molecule has 0 bridgehead atoms. The minimum Gasteiger partial charge on any atom is -0.504 e. The van der Waals surface area contributed by atoms with Crippen LogP contribution in [0.15, 0.2) is 34.8 Å². The third-order valence-corrected chi connectivity index (χ3v) is 3.68. The second kappa shape index (κ2) is 6.80. The SMILES string of the molecule is CCOc1cc(CNc2cc(F)c(Br)cc2C)ccc1O. The van der Waals surface area contributed by atoms with Gasteiger partial charge in [-0.15, -0.1) is 0 Å². The molecule has 3 nitrogen and oxygen atoms in total. The van der Waals surface area contributed by atoms with Gasteiger partial charge in [0, 0.05) is 12.2 Å². The molecular formula is C16H17BrFNO2. The molecule has 0 saturated heterocycles. The highest BCUT2D eigenvalue weighted by molar-refractivity contribution is 9.10. The molecule has 0 heterocycles. The number of phenols is 1. The van der Waals surface area contributed by atoms with Gasteiger partial charge in [-0.1, -0.05) is 6.07 Å². The van der Waals surface area contributed by atoms with E-state index in [0.717, 1.165) is 16.8 Å². The summed E-state index contributed by atoms with van der Waals surface area (Å²) in [6, 6.07) is 8.37. The first-order valence-corrected chi connectivity index (χ1v) is 7.44. The average molecular weight is 354 g/mol. The summed E-state index contributed by atoms with van der Waals surface area (Å²) in [6.45, 7) is 4.77. The van der Waals surface area contributed by atoms with Crippen LogP contribution in [0.5, 0.6) is 11.5 Å². The zero-order valence-electron chi connectivity index (χ0n) is 11.9. The third-order valence-electron chi connectivity index (χ3n) is 3.07. The maximum Gasteiger partial charge on any atom is 0.161 e. The molecule has 2 aromatic rings. The Morgan fingerprint density at radius 1 is 1.29 bits per heavy atom. The van der Waals surface area contributed by atoms with E-state index in [1.54, 1.807) is 24.3 Å². The normalized spacial score (nSPS) is 10.5. The Balaban J connectivity index is 2.13. The van der Waals surface area contributed by atoms with E-state index in [1.165, 1.54) is 6.07 Å². The Morgan fingerprint density at radius 3 is 2.76 bits per heavy atom. The van der Waals surface area contributed by atoms with Gasteiger partial charge in [0.2, 0.25) is 0 Å². The second-order valence-corrected chi connectivity index (χ2v) is 5.52. The van der Waals surface area contributed by atoms with E-state index in [9.17, 15) is 9.50 Å². The number of rotatable bonds is 5. The van der Waals surface area contributed by atoms with E-state index in [0.29, 0.717) is 23.4 Å². The maximum absolute atomic E-state index is 13.6. The van der Waals surface area contributed by atoms with Crippen molar-refractivity contribution in [2.75, 3.05) is 11.9 Å². The Morgan fingerprint density at radius 2 is 2.05 bits per heavy atom. The quantitative estimate of drug-likeness (QED) is 0.824. The summed E-state index contributed by atoms with van der Waals surface area (Å²) in [5.41, 5.74) is 2.63. The fourth-order valence-electron chi connectivity index (χ4n) is 1.97. The molecular weight excluding hydrogens is 337 g/mol. The van der Waals surface area contributed by atoms with Gasteiger partial charge >= 0.3 is 0 Å². The molecule has 0 saturated carbocycles. The highest BCUT2D eigenvalue weighted by Gasteiger charge is 2.07. The molecule has 0 amide bonds. The zero-order valence-corrected chi connectivity index (χ0v) is 13.5. The van der Waals surface area contributed by atoms with Gasteiger partial charge < -0.3 is 15.2 Å². The lowest BCUT2D eigenvalue weighted by atomic mass is 10.1. The first-order chi connectivity index (χ1) is 10.0. The van der Waals surface area contributed by atoms with Crippen LogP contribution in [0.2, 0.25) is 0 Å². The standard InChI is InChI=1S/C16H17BrFNO2/c1-3-21-16-7-11(4-5-15(16)20)9-19-14-8-13(18)12(17)6-10(14)2/h4-8,19-20H,3,9H2,1-2H3. The molecule has 0 aliphatic carbocycles. The van der Waals surface area contributed by atoms with Crippen molar-refractivity contribution in [3.63, 3.8) is 0 Å². The molecule has 0 aliphatic rings. The van der Waals surface area contributed by atoms with Gasteiger partial charge in [-0.05, 0) is 65.2 Å². The van der Waals surface area contributed by atoms with Crippen LogP contribution < -0.4 is 10.1 Å². The Kier molecular flexibility index (Phi) is 5.07. The van der Waals surface area contributed by atoms with Crippen LogP contribution in [0, 0.1) is 12.7 Å². The van der Waals surface area contributed by atoms with Gasteiger partial charge in [0.05, 0.1) is 11.1 Å². The first-order valence-electron chi connectivity index (χ1n) is 6.65. The topological polar surface area (TPSA) is 41.5 Å². The van der Waals surface area contributed by atoms with Crippen LogP contribution in [0.4, 0.5) is 10.1 Å². The second-order valence-electron chi connectivity index (χ2n) is 4.67. The molecule has 2 N–H and O–H groups in total. The summed E-state index contributed by atoms with van der Waals surface area (Å²) in [4.78, 5) is 0. The van der Waals surface area contributed by atoms with Gasteiger partial charge in [0.25, 0.3) is 0 Å². The van der Waals surface area contributed by atoms with Gasteiger partial charge in [-0.25, -0.2) is 4.39 Å². The van der Waals surface area contributed by atoms with Gasteiger partial charge in [0.15, 0.2) is 11.5 Å². The van der Waals surface area contributed by atoms with Crippen LogP contribution >= 0.6 is 15.9 Å². The van der Waals surface area contributed by atoms with Crippen molar-refractivity contribution in [2.45, 2.75) is 20.4 Å². The van der Waals surface area contributed by atoms with Gasteiger partial charge in [0.1, 0.15) is 5.82 Å². The molecule has 0 radical (unpaired) electrons. The van der Waals surface area contributed by atoms with E-state index in [-0.39, 0.29) is 11.6 Å². The molecule has 0 atom stereocenters. The van der Waals surface area contributed by atoms with Gasteiger partial charge in [-0.3, -0.25) is 0 Å². The molecule has 0 aliphatic heterocycles. The van der Waals surface area contributed by atoms with Crippen LogP contribution in [0.1, 0.15) is 18.1 Å². The van der Waals surface area contributed by atoms with Crippen molar-refractivity contribution in [3.05, 3.63) is 51.7 Å². The number of hydrogen-bond donors (Lipinski definition) is 2. The number of aromatic hydroxyl groups is 1. The van der Waals surface area contributed by atoms with Gasteiger partial charge in [-0.2, -0.15) is 0 Å². The van der Waals surface area contributed by atoms with Crippen molar-refractivity contribution in [1.29, 1.82) is 0 Å². The maximum atomic E-state index is 13.6. The number of aryl methyl sites for hydroxylation is 1. The first kappa shape index (κ1) is 15.6. The highest BCUT2D eigenvalue weighted by Crippen LogP contribution is 2.28. The molecule has 112 valence electrons. The van der Waals surface area contributed by atoms with E-state index in [2.05, 4.69) is 21.2 Å². The molecule has 0 aromatic heterocycles. The fourth-order valence-corrected chi connectivity index (χ4v) is 2.43. The number of hydrogen-bond acceptors (Lipinski definition) is 3. The lowest BCUT2D eigenvalue weighted by Crippen LogP contribution is -2.02. The number of ether oxygens (including phenoxy) is 1. The molecule has 0 spiro atoms. The minimum atomic E-state index is -0.302. The summed E-state index contributed by atoms with van der Waals surface area (Å²) in [5.74, 6) is 0.269. The Labute approximate surface area is 131 Å². The number of halogens is 2. The summed E-state index contributed by atoms with van der Waals surface area (Å²) >= 11 is 3.16. The number of phenolic OH excluding ortho intramolecular Hbond substituents is 1. The van der Waals surface area contributed by atoms with Crippen molar-refractivity contribution in [3.8, 4) is 11.5 Å².